The van der Waals surface area contributed by atoms with Crippen LogP contribution in [0.1, 0.15) is 91.1 Å². The van der Waals surface area contributed by atoms with Crippen molar-refractivity contribution in [1.82, 2.24) is 19.8 Å². The molecule has 4 heterocycles. The van der Waals surface area contributed by atoms with E-state index in [4.69, 9.17) is 28.4 Å². The molecule has 2 amide bonds. The van der Waals surface area contributed by atoms with E-state index in [0.717, 1.165) is 28.2 Å². The van der Waals surface area contributed by atoms with Gasteiger partial charge in [0, 0.05) is 42.8 Å². The Morgan fingerprint density at radius 1 is 0.696 bits per heavy atom. The van der Waals surface area contributed by atoms with Crippen LogP contribution in [0.4, 0.5) is 5.82 Å². The van der Waals surface area contributed by atoms with Crippen LogP contribution in [-0.2, 0) is 34.1 Å². The predicted molar refractivity (Wildman–Crippen MR) is 296 cm³/mol. The lowest BCUT2D eigenvalue weighted by atomic mass is 9.80. The Kier molecular flexibility index (Phi) is 21.5. The number of amidine groups is 1. The number of Topliss-reactive ketones (excluding diaryl/α,β-unsaturated/α-hetero) is 1. The third-order valence-corrected chi connectivity index (χ3v) is 13.1. The molecule has 5 aromatic carbocycles. The Hall–Kier alpha value is -8.33. The number of nitrogens with zero attached hydrogens (tertiary/aromatic N) is 4. The van der Waals surface area contributed by atoms with E-state index in [1.807, 2.05) is 108 Å². The second-order valence-corrected chi connectivity index (χ2v) is 18.2. The van der Waals surface area contributed by atoms with Crippen LogP contribution in [0.3, 0.4) is 0 Å². The summed E-state index contributed by atoms with van der Waals surface area (Å²) in [6.45, 7) is 1.36. The molecule has 3 aliphatic rings. The van der Waals surface area contributed by atoms with E-state index in [9.17, 15) is 34.2 Å². The highest BCUT2D eigenvalue weighted by molar-refractivity contribution is 6.10. The van der Waals surface area contributed by atoms with Gasteiger partial charge >= 0.3 is 11.7 Å². The first-order valence-corrected chi connectivity index (χ1v) is 24.9. The molecule has 2 fully saturated rings. The molecule has 6 atom stereocenters. The van der Waals surface area contributed by atoms with Gasteiger partial charge in [-0.15, -0.1) is 0 Å². The van der Waals surface area contributed by atoms with Crippen molar-refractivity contribution in [2.75, 3.05) is 39.4 Å². The van der Waals surface area contributed by atoms with Gasteiger partial charge in [0.1, 0.15) is 72.0 Å². The number of carbonyl (C=O) groups is 4. The summed E-state index contributed by atoms with van der Waals surface area (Å²) in [6, 6.07) is 44.6. The summed E-state index contributed by atoms with van der Waals surface area (Å²) in [5, 5.41) is 26.1. The van der Waals surface area contributed by atoms with Gasteiger partial charge in [-0.3, -0.25) is 19.0 Å². The third kappa shape index (κ3) is 15.0. The first kappa shape index (κ1) is 59.9. The van der Waals surface area contributed by atoms with Crippen LogP contribution < -0.4 is 25.8 Å². The number of rotatable bonds is 18. The number of hydrogen-bond acceptors (Lipinski definition) is 16. The quantitative estimate of drug-likeness (QED) is 0.0484. The van der Waals surface area contributed by atoms with E-state index in [0.29, 0.717) is 23.4 Å². The number of ketones is 1. The van der Waals surface area contributed by atoms with Crippen LogP contribution in [0, 0.1) is 0 Å². The third-order valence-electron chi connectivity index (χ3n) is 13.1. The number of nitrogens with one attached hydrogen (secondary N) is 2. The first-order chi connectivity index (χ1) is 37.4. The predicted octanol–water partition coefficient (Wildman–Crippen LogP) is 7.43. The van der Waals surface area contributed by atoms with Crippen molar-refractivity contribution in [2.24, 2.45) is 4.99 Å². The number of aromatic nitrogens is 2. The SMILES string of the molecule is C.C.CC(=O)CCC(=O)O[C@H]1C[C@H](n2ccc(NC(=O)c3ccccc3)nc2=O)O[C@@H]1CO.COc1ccc(C(OC[C@H]2O[C@@H](N3C=CC(NC(=O)c4ccccc4)=NC3)C[C@@H]2O)(c2ccccc2)c2ccc(OC)cc2)cc1. The maximum absolute atomic E-state index is 12.5. The number of amides is 2. The molecule has 0 bridgehead atoms. The van der Waals surface area contributed by atoms with Crippen LogP contribution >= 0.6 is 0 Å². The average molecular weight is 1080 g/mol. The molecule has 4 N–H and O–H groups in total. The summed E-state index contributed by atoms with van der Waals surface area (Å²) >= 11 is 0. The Balaban J connectivity index is 0.000000268. The number of carbonyl (C=O) groups excluding carboxylic acids is 4. The maximum atomic E-state index is 12.5. The van der Waals surface area contributed by atoms with Gasteiger partial charge in [0.25, 0.3) is 11.8 Å². The molecular weight excluding hydrogens is 1010 g/mol. The van der Waals surface area contributed by atoms with E-state index < -0.39 is 66.6 Å². The molecule has 6 aromatic rings. The highest BCUT2D eigenvalue weighted by Crippen LogP contribution is 2.42. The number of methoxy groups -OCH3 is 2. The van der Waals surface area contributed by atoms with Gasteiger partial charge in [0.05, 0.1) is 40.0 Å². The first-order valence-electron chi connectivity index (χ1n) is 24.9. The zero-order valence-corrected chi connectivity index (χ0v) is 42.7. The molecule has 1 aromatic heterocycles. The minimum Gasteiger partial charge on any atom is -0.497 e. The fraction of sp³-hybridized carbons (Fsp3) is 0.317. The smallest absolute Gasteiger partial charge is 0.351 e. The molecule has 19 heteroatoms. The van der Waals surface area contributed by atoms with Crippen LogP contribution in [0.25, 0.3) is 0 Å². The van der Waals surface area contributed by atoms with Crippen LogP contribution in [0.2, 0.25) is 0 Å². The summed E-state index contributed by atoms with van der Waals surface area (Å²) in [4.78, 5) is 70.4. The van der Waals surface area contributed by atoms with E-state index >= 15 is 0 Å². The van der Waals surface area contributed by atoms with E-state index in [1.54, 1.807) is 62.8 Å². The molecule has 3 aliphatic heterocycles. The van der Waals surface area contributed by atoms with Crippen LogP contribution in [-0.4, -0.2) is 119 Å². The van der Waals surface area contributed by atoms with E-state index in [-0.39, 0.29) is 64.9 Å². The molecule has 19 nitrogen and oxygen atoms in total. The van der Waals surface area contributed by atoms with Crippen LogP contribution in [0.15, 0.2) is 174 Å². The summed E-state index contributed by atoms with van der Waals surface area (Å²) in [6.07, 6.45) is 1.34. The second-order valence-electron chi connectivity index (χ2n) is 18.2. The number of hydrogen-bond donors (Lipinski definition) is 4. The van der Waals surface area contributed by atoms with Gasteiger partial charge < -0.3 is 59.0 Å². The highest BCUT2D eigenvalue weighted by atomic mass is 16.6. The molecule has 0 aliphatic carbocycles. The Morgan fingerprint density at radius 2 is 1.24 bits per heavy atom. The van der Waals surface area contributed by atoms with Gasteiger partial charge in [-0.05, 0) is 84.3 Å². The minimum absolute atomic E-state index is 0. The van der Waals surface area contributed by atoms with Crippen molar-refractivity contribution in [1.29, 1.82) is 0 Å². The lowest BCUT2D eigenvalue weighted by molar-refractivity contribution is -0.153. The number of anilines is 1. The Labute approximate surface area is 459 Å². The average Bonchev–Trinajstić information content (AvgIpc) is 4.05. The molecule has 0 radical (unpaired) electrons. The van der Waals surface area contributed by atoms with Gasteiger partial charge in [-0.25, -0.2) is 9.79 Å². The normalized spacial score (nSPS) is 19.3. The molecular formula is C60H68N6O13. The summed E-state index contributed by atoms with van der Waals surface area (Å²) < 4.78 is 36.4. The Bertz CT molecular complexity index is 3020. The van der Waals surface area contributed by atoms with Crippen molar-refractivity contribution in [3.8, 4) is 11.5 Å². The summed E-state index contributed by atoms with van der Waals surface area (Å²) in [7, 11) is 3.28. The fourth-order valence-corrected chi connectivity index (χ4v) is 8.97. The summed E-state index contributed by atoms with van der Waals surface area (Å²) in [5.74, 6) is 0.684. The molecule has 79 heavy (non-hydrogen) atoms. The molecule has 9 rings (SSSR count). The summed E-state index contributed by atoms with van der Waals surface area (Å²) in [5.41, 5.74) is 2.00. The Morgan fingerprint density at radius 3 is 1.76 bits per heavy atom. The lowest BCUT2D eigenvalue weighted by Gasteiger charge is -2.37. The van der Waals surface area contributed by atoms with Crippen LogP contribution in [0.5, 0.6) is 11.5 Å². The maximum Gasteiger partial charge on any atom is 0.351 e. The lowest BCUT2D eigenvalue weighted by Crippen LogP contribution is -2.39. The minimum atomic E-state index is -1.03. The van der Waals surface area contributed by atoms with Gasteiger partial charge in [-0.1, -0.05) is 106 Å². The monoisotopic (exact) mass is 1080 g/mol. The van der Waals surface area contributed by atoms with E-state index in [1.165, 1.54) is 23.8 Å². The van der Waals surface area contributed by atoms with Crippen molar-refractivity contribution in [2.45, 2.75) is 89.9 Å². The zero-order valence-electron chi connectivity index (χ0n) is 42.7. The molecule has 0 spiro atoms. The van der Waals surface area contributed by atoms with Crippen molar-refractivity contribution in [3.63, 3.8) is 0 Å². The fourth-order valence-electron chi connectivity index (χ4n) is 8.97. The number of benzene rings is 5. The molecule has 2 saturated heterocycles. The number of esters is 1. The number of aliphatic imine (C=N–C) groups is 1. The van der Waals surface area contributed by atoms with Crippen molar-refractivity contribution < 1.29 is 57.8 Å². The van der Waals surface area contributed by atoms with Gasteiger partial charge in [0.2, 0.25) is 0 Å². The topological polar surface area (TPSA) is 239 Å². The number of ether oxygens (including phenoxy) is 6. The number of aliphatic hydroxyl groups excluding tert-OH is 2. The standard InChI is InChI=1S/C37H37N3O6.C21H23N3O7.2CH4/c1-43-30-17-13-28(14-18-30)37(27-11-7-4-8-12-27,29-15-19-31(44-2)20-16-29)45-24-33-32(41)23-35(46-33)40-22-21-34(38-25-40)39-36(42)26-9-5-3-6-10-26;1-13(26)7-8-19(27)31-15-11-18(30-16(15)12-25)24-10-9-17(23-21(24)29)22-20(28)14-5-3-2-4-6-14;;/h3-22,32-33,35,41H,23-25H2,1-2H3,(H,38,39,42);2-6,9-10,15-16,18,25H,7-8,11-12H2,1H3,(H,22,23,28,29);2*1H4/t32-,33+,35+;15-,16+,18+;;/m00../s1. The molecule has 0 unspecified atom stereocenters. The molecule has 0 saturated carbocycles. The van der Waals surface area contributed by atoms with Gasteiger partial charge in [0.15, 0.2) is 0 Å². The van der Waals surface area contributed by atoms with Gasteiger partial charge in [-0.2, -0.15) is 4.98 Å². The largest absolute Gasteiger partial charge is 0.497 e. The second kappa shape index (κ2) is 28.3. The van der Waals surface area contributed by atoms with Crippen molar-refractivity contribution >= 4 is 35.2 Å². The zero-order chi connectivity index (χ0) is 54.3. The highest BCUT2D eigenvalue weighted by Gasteiger charge is 2.43. The number of aliphatic hydroxyl groups is 2. The van der Waals surface area contributed by atoms with E-state index in [2.05, 4.69) is 20.6 Å². The molecule has 416 valence electrons. The van der Waals surface area contributed by atoms with Crippen molar-refractivity contribution in [3.05, 3.63) is 202 Å².